The molecule has 0 spiro atoms. The minimum absolute atomic E-state index is 0.0151. The number of amides is 2. The van der Waals surface area contributed by atoms with E-state index in [1.54, 1.807) is 37.3 Å². The molecular weight excluding hydrogens is 406 g/mol. The van der Waals surface area contributed by atoms with Crippen molar-refractivity contribution in [2.45, 2.75) is 25.7 Å². The molecule has 0 saturated carbocycles. The minimum atomic E-state index is -0.0828. The van der Waals surface area contributed by atoms with Crippen LogP contribution in [0.2, 0.25) is 0 Å². The number of nitrogens with zero attached hydrogens (tertiary/aromatic N) is 4. The predicted molar refractivity (Wildman–Crippen MR) is 115 cm³/mol. The van der Waals surface area contributed by atoms with Crippen molar-refractivity contribution in [3.05, 3.63) is 18.2 Å². The van der Waals surface area contributed by atoms with Gasteiger partial charge in [0.2, 0.25) is 22.1 Å². The van der Waals surface area contributed by atoms with Gasteiger partial charge in [0, 0.05) is 38.0 Å². The van der Waals surface area contributed by atoms with E-state index in [1.165, 1.54) is 11.3 Å². The summed E-state index contributed by atoms with van der Waals surface area (Å²) >= 11 is 1.44. The van der Waals surface area contributed by atoms with Crippen LogP contribution in [0.3, 0.4) is 0 Å². The number of methoxy groups -OCH3 is 2. The third-order valence-electron chi connectivity index (χ3n) is 5.51. The van der Waals surface area contributed by atoms with E-state index < -0.39 is 0 Å². The molecule has 2 saturated heterocycles. The minimum Gasteiger partial charge on any atom is -0.497 e. The maximum absolute atomic E-state index is 12.8. The number of rotatable bonds is 6. The summed E-state index contributed by atoms with van der Waals surface area (Å²) in [6.45, 7) is 2.16. The van der Waals surface area contributed by atoms with Gasteiger partial charge in [-0.05, 0) is 31.4 Å². The van der Waals surface area contributed by atoms with Gasteiger partial charge in [-0.1, -0.05) is 11.3 Å². The van der Waals surface area contributed by atoms with Crippen LogP contribution in [0.15, 0.2) is 18.2 Å². The summed E-state index contributed by atoms with van der Waals surface area (Å²) in [5.41, 5.74) is 0.634. The Labute approximate surface area is 179 Å². The fourth-order valence-corrected chi connectivity index (χ4v) is 4.71. The first-order valence-corrected chi connectivity index (χ1v) is 10.8. The number of carbonyl (C=O) groups excluding carboxylic acids is 2. The monoisotopic (exact) mass is 431 g/mol. The number of hydrogen-bond acceptors (Lipinski definition) is 8. The van der Waals surface area contributed by atoms with Crippen molar-refractivity contribution in [1.82, 2.24) is 10.2 Å². The largest absolute Gasteiger partial charge is 0.497 e. The van der Waals surface area contributed by atoms with Crippen molar-refractivity contribution >= 4 is 39.1 Å². The molecule has 1 aromatic heterocycles. The van der Waals surface area contributed by atoms with Gasteiger partial charge in [-0.25, -0.2) is 0 Å². The van der Waals surface area contributed by atoms with Crippen LogP contribution < -0.4 is 24.6 Å². The Kier molecular flexibility index (Phi) is 6.03. The Bertz CT molecular complexity index is 926. The Hall–Kier alpha value is -2.88. The molecule has 0 bridgehead atoms. The SMILES string of the molecule is COc1ccc(NC(=O)C2CCN(c3nnc(N4CCCC4=O)s3)CC2)c(OC)c1. The molecular formula is C20H25N5O4S. The average Bonchev–Trinajstić information content (AvgIpc) is 3.43. The maximum atomic E-state index is 12.8. The second-order valence-corrected chi connectivity index (χ2v) is 8.27. The van der Waals surface area contributed by atoms with Gasteiger partial charge in [-0.15, -0.1) is 10.2 Å². The smallest absolute Gasteiger partial charge is 0.228 e. The lowest BCUT2D eigenvalue weighted by molar-refractivity contribution is -0.120. The van der Waals surface area contributed by atoms with Crippen LogP contribution in [0.5, 0.6) is 11.5 Å². The number of anilines is 3. The third kappa shape index (κ3) is 4.18. The molecule has 0 aliphatic carbocycles. The Morgan fingerprint density at radius 3 is 2.57 bits per heavy atom. The molecule has 160 valence electrons. The van der Waals surface area contributed by atoms with E-state index in [9.17, 15) is 9.59 Å². The molecule has 10 heteroatoms. The van der Waals surface area contributed by atoms with Gasteiger partial charge < -0.3 is 19.7 Å². The Morgan fingerprint density at radius 2 is 1.90 bits per heavy atom. The van der Waals surface area contributed by atoms with Crippen LogP contribution in [0.1, 0.15) is 25.7 Å². The zero-order chi connectivity index (χ0) is 21.1. The number of hydrogen-bond donors (Lipinski definition) is 1. The summed E-state index contributed by atoms with van der Waals surface area (Å²) in [6, 6.07) is 5.32. The molecule has 1 aromatic carbocycles. The summed E-state index contributed by atoms with van der Waals surface area (Å²) in [6.07, 6.45) is 2.89. The Morgan fingerprint density at radius 1 is 1.13 bits per heavy atom. The van der Waals surface area contributed by atoms with Crippen molar-refractivity contribution in [2.24, 2.45) is 5.92 Å². The number of aromatic nitrogens is 2. The Balaban J connectivity index is 1.34. The lowest BCUT2D eigenvalue weighted by Gasteiger charge is -2.30. The number of benzene rings is 1. The summed E-state index contributed by atoms with van der Waals surface area (Å²) in [4.78, 5) is 28.5. The topological polar surface area (TPSA) is 96.9 Å². The quantitative estimate of drug-likeness (QED) is 0.751. The second-order valence-electron chi connectivity index (χ2n) is 7.33. The second kappa shape index (κ2) is 8.86. The lowest BCUT2D eigenvalue weighted by atomic mass is 9.96. The summed E-state index contributed by atoms with van der Waals surface area (Å²) in [5.74, 6) is 1.25. The molecule has 2 amide bonds. The lowest BCUT2D eigenvalue weighted by Crippen LogP contribution is -2.38. The molecule has 2 fully saturated rings. The van der Waals surface area contributed by atoms with Gasteiger partial charge in [0.15, 0.2) is 0 Å². The number of nitrogens with one attached hydrogen (secondary N) is 1. The fourth-order valence-electron chi connectivity index (χ4n) is 3.76. The number of piperidine rings is 1. The van der Waals surface area contributed by atoms with Crippen molar-refractivity contribution in [3.8, 4) is 11.5 Å². The highest BCUT2D eigenvalue weighted by Gasteiger charge is 2.29. The molecule has 2 aromatic rings. The molecule has 0 atom stereocenters. The first-order valence-electron chi connectivity index (χ1n) is 10.0. The molecule has 3 heterocycles. The molecule has 0 radical (unpaired) electrons. The zero-order valence-corrected chi connectivity index (χ0v) is 17.9. The fraction of sp³-hybridized carbons (Fsp3) is 0.500. The molecule has 0 unspecified atom stereocenters. The molecule has 30 heavy (non-hydrogen) atoms. The van der Waals surface area contributed by atoms with E-state index >= 15 is 0 Å². The predicted octanol–water partition coefficient (Wildman–Crippen LogP) is 2.54. The van der Waals surface area contributed by atoms with E-state index in [0.717, 1.165) is 37.5 Å². The third-order valence-corrected chi connectivity index (χ3v) is 6.52. The van der Waals surface area contributed by atoms with Gasteiger partial charge in [-0.2, -0.15) is 0 Å². The normalized spacial score (nSPS) is 17.3. The summed E-state index contributed by atoms with van der Waals surface area (Å²) < 4.78 is 10.6. The van der Waals surface area contributed by atoms with E-state index in [2.05, 4.69) is 20.4 Å². The number of carbonyl (C=O) groups is 2. The van der Waals surface area contributed by atoms with Gasteiger partial charge >= 0.3 is 0 Å². The van der Waals surface area contributed by atoms with Gasteiger partial charge in [-0.3, -0.25) is 14.5 Å². The van der Waals surface area contributed by atoms with E-state index in [1.807, 2.05) is 0 Å². The van der Waals surface area contributed by atoms with Crippen LogP contribution in [-0.4, -0.2) is 55.9 Å². The summed E-state index contributed by atoms with van der Waals surface area (Å²) in [7, 11) is 3.15. The van der Waals surface area contributed by atoms with Crippen LogP contribution in [0, 0.1) is 5.92 Å². The highest BCUT2D eigenvalue weighted by atomic mass is 32.1. The van der Waals surface area contributed by atoms with E-state index in [0.29, 0.717) is 35.3 Å². The maximum Gasteiger partial charge on any atom is 0.228 e. The molecule has 4 rings (SSSR count). The first-order chi connectivity index (χ1) is 14.6. The van der Waals surface area contributed by atoms with Crippen molar-refractivity contribution in [1.29, 1.82) is 0 Å². The van der Waals surface area contributed by atoms with Gasteiger partial charge in [0.25, 0.3) is 0 Å². The van der Waals surface area contributed by atoms with Gasteiger partial charge in [0.1, 0.15) is 11.5 Å². The van der Waals surface area contributed by atoms with Crippen LogP contribution in [0.4, 0.5) is 16.0 Å². The highest BCUT2D eigenvalue weighted by Crippen LogP contribution is 2.33. The molecule has 9 nitrogen and oxygen atoms in total. The van der Waals surface area contributed by atoms with Crippen molar-refractivity contribution < 1.29 is 19.1 Å². The summed E-state index contributed by atoms with van der Waals surface area (Å²) in [5, 5.41) is 12.9. The van der Waals surface area contributed by atoms with Crippen LogP contribution in [-0.2, 0) is 9.59 Å². The standard InChI is InChI=1S/C20H25N5O4S/c1-28-14-5-6-15(16(12-14)29-2)21-18(27)13-7-10-24(11-8-13)19-22-23-20(30-19)25-9-3-4-17(25)26/h5-6,12-13H,3-4,7-11H2,1-2H3,(H,21,27). The average molecular weight is 432 g/mol. The van der Waals surface area contributed by atoms with Crippen LogP contribution in [0.25, 0.3) is 0 Å². The zero-order valence-electron chi connectivity index (χ0n) is 17.1. The van der Waals surface area contributed by atoms with Crippen LogP contribution >= 0.6 is 11.3 Å². The molecule has 1 N–H and O–H groups in total. The van der Waals surface area contributed by atoms with E-state index in [4.69, 9.17) is 9.47 Å². The first kappa shape index (κ1) is 20.4. The molecule has 2 aliphatic heterocycles. The van der Waals surface area contributed by atoms with Crippen molar-refractivity contribution in [3.63, 3.8) is 0 Å². The van der Waals surface area contributed by atoms with Crippen molar-refractivity contribution in [2.75, 3.05) is 49.0 Å². The van der Waals surface area contributed by atoms with Gasteiger partial charge in [0.05, 0.1) is 19.9 Å². The highest BCUT2D eigenvalue weighted by molar-refractivity contribution is 7.19. The molecule has 2 aliphatic rings. The number of ether oxygens (including phenoxy) is 2. The van der Waals surface area contributed by atoms with E-state index in [-0.39, 0.29) is 17.7 Å².